The van der Waals surface area contributed by atoms with Crippen molar-refractivity contribution in [1.29, 1.82) is 0 Å². The highest BCUT2D eigenvalue weighted by Gasteiger charge is 2.18. The highest BCUT2D eigenvalue weighted by atomic mass is 16.5. The van der Waals surface area contributed by atoms with E-state index in [1.165, 1.54) is 13.3 Å². The molecule has 2 rings (SSSR count). The zero-order chi connectivity index (χ0) is 15.1. The van der Waals surface area contributed by atoms with Crippen LogP contribution in [0.3, 0.4) is 0 Å². The molecular formula is C14H22N4O3. The number of hydrogen-bond acceptors (Lipinski definition) is 7. The molecule has 0 aliphatic heterocycles. The number of rotatable bonds is 6. The largest absolute Gasteiger partial charge is 0.464 e. The van der Waals surface area contributed by atoms with E-state index in [0.29, 0.717) is 31.1 Å². The number of carbonyl (C=O) groups is 1. The Morgan fingerprint density at radius 2 is 2.14 bits per heavy atom. The van der Waals surface area contributed by atoms with Crippen molar-refractivity contribution in [3.8, 4) is 0 Å². The number of methoxy groups -OCH3 is 1. The van der Waals surface area contributed by atoms with Crippen molar-refractivity contribution in [1.82, 2.24) is 9.97 Å². The molecule has 0 saturated heterocycles. The van der Waals surface area contributed by atoms with Crippen LogP contribution in [0.25, 0.3) is 0 Å². The van der Waals surface area contributed by atoms with E-state index in [-0.39, 0.29) is 5.69 Å². The molecule has 0 atom stereocenters. The molecule has 3 N–H and O–H groups in total. The molecule has 0 bridgehead atoms. The molecule has 0 aromatic carbocycles. The van der Waals surface area contributed by atoms with Gasteiger partial charge in [0.2, 0.25) is 0 Å². The van der Waals surface area contributed by atoms with Crippen molar-refractivity contribution >= 4 is 11.8 Å². The number of nitrogens with one attached hydrogen (secondary N) is 1. The summed E-state index contributed by atoms with van der Waals surface area (Å²) in [5.74, 6) is 0.0353. The van der Waals surface area contributed by atoms with Crippen LogP contribution in [-0.4, -0.2) is 48.3 Å². The van der Waals surface area contributed by atoms with Crippen molar-refractivity contribution in [3.05, 3.63) is 18.1 Å². The number of anilines is 1. The molecule has 0 radical (unpaired) electrons. The maximum Gasteiger partial charge on any atom is 0.358 e. The first-order valence-corrected chi connectivity index (χ1v) is 7.20. The summed E-state index contributed by atoms with van der Waals surface area (Å²) in [6, 6.07) is 0.333. The van der Waals surface area contributed by atoms with Crippen LogP contribution in [0, 0.1) is 0 Å². The topological polar surface area (TPSA) is 99.4 Å². The molecule has 1 saturated carbocycles. The van der Waals surface area contributed by atoms with Gasteiger partial charge >= 0.3 is 5.97 Å². The Balaban J connectivity index is 1.70. The molecule has 0 unspecified atom stereocenters. The number of nitrogens with two attached hydrogens (primary N) is 1. The average Bonchev–Trinajstić information content (AvgIpc) is 2.53. The van der Waals surface area contributed by atoms with Gasteiger partial charge in [-0.3, -0.25) is 4.98 Å². The van der Waals surface area contributed by atoms with Crippen LogP contribution in [0.5, 0.6) is 0 Å². The van der Waals surface area contributed by atoms with Gasteiger partial charge in [0.25, 0.3) is 0 Å². The molecular weight excluding hydrogens is 272 g/mol. The predicted octanol–water partition coefficient (Wildman–Crippen LogP) is 0.962. The molecule has 1 aliphatic rings. The van der Waals surface area contributed by atoms with Gasteiger partial charge in [0.15, 0.2) is 5.69 Å². The minimum absolute atomic E-state index is 0.185. The third-order valence-electron chi connectivity index (χ3n) is 3.51. The lowest BCUT2D eigenvalue weighted by molar-refractivity contribution is 0.0313. The quantitative estimate of drug-likeness (QED) is 0.595. The third kappa shape index (κ3) is 4.95. The maximum absolute atomic E-state index is 11.3. The van der Waals surface area contributed by atoms with Crippen molar-refractivity contribution in [2.24, 2.45) is 5.73 Å². The van der Waals surface area contributed by atoms with Crippen molar-refractivity contribution in [2.45, 2.75) is 37.8 Å². The summed E-state index contributed by atoms with van der Waals surface area (Å²) >= 11 is 0. The molecule has 0 spiro atoms. The minimum Gasteiger partial charge on any atom is -0.464 e. The first-order chi connectivity index (χ1) is 10.2. The van der Waals surface area contributed by atoms with E-state index >= 15 is 0 Å². The number of carbonyl (C=O) groups excluding carboxylic acids is 1. The number of esters is 1. The van der Waals surface area contributed by atoms with Gasteiger partial charge in [-0.2, -0.15) is 0 Å². The standard InChI is InChI=1S/C14H22N4O3/c1-20-14(19)12-8-16-9-13(18-12)17-6-7-21-11-4-2-10(15)3-5-11/h8-11H,2-7,15H2,1H3,(H,17,18). The minimum atomic E-state index is -0.499. The van der Waals surface area contributed by atoms with Crippen LogP contribution < -0.4 is 11.1 Å². The highest BCUT2D eigenvalue weighted by molar-refractivity contribution is 5.87. The second-order valence-corrected chi connectivity index (χ2v) is 5.12. The van der Waals surface area contributed by atoms with Gasteiger partial charge in [0, 0.05) is 12.6 Å². The van der Waals surface area contributed by atoms with Gasteiger partial charge in [0.1, 0.15) is 5.82 Å². The van der Waals surface area contributed by atoms with Gasteiger partial charge in [-0.15, -0.1) is 0 Å². The van der Waals surface area contributed by atoms with E-state index in [2.05, 4.69) is 20.0 Å². The van der Waals surface area contributed by atoms with Gasteiger partial charge in [-0.05, 0) is 25.7 Å². The average molecular weight is 294 g/mol. The SMILES string of the molecule is COC(=O)c1cncc(NCCOC2CCC(N)CC2)n1. The fourth-order valence-electron chi connectivity index (χ4n) is 2.31. The summed E-state index contributed by atoms with van der Waals surface area (Å²) in [7, 11) is 1.31. The lowest BCUT2D eigenvalue weighted by Gasteiger charge is -2.26. The van der Waals surface area contributed by atoms with E-state index in [1.807, 2.05) is 0 Å². The molecule has 116 valence electrons. The first-order valence-electron chi connectivity index (χ1n) is 7.20. The first kappa shape index (κ1) is 15.7. The number of nitrogens with zero attached hydrogens (tertiary/aromatic N) is 2. The second-order valence-electron chi connectivity index (χ2n) is 5.12. The van der Waals surface area contributed by atoms with Gasteiger partial charge in [-0.25, -0.2) is 9.78 Å². The van der Waals surface area contributed by atoms with E-state index in [0.717, 1.165) is 25.7 Å². The zero-order valence-electron chi connectivity index (χ0n) is 12.2. The summed E-state index contributed by atoms with van der Waals surface area (Å²) in [5, 5.41) is 3.08. The summed E-state index contributed by atoms with van der Waals surface area (Å²) in [6.07, 6.45) is 7.36. The van der Waals surface area contributed by atoms with Crippen molar-refractivity contribution in [2.75, 3.05) is 25.6 Å². The Kier molecular flexibility index (Phi) is 5.89. The number of ether oxygens (including phenoxy) is 2. The molecule has 1 aromatic heterocycles. The summed E-state index contributed by atoms with van der Waals surface area (Å²) in [4.78, 5) is 19.4. The summed E-state index contributed by atoms with van der Waals surface area (Å²) in [6.45, 7) is 1.20. The van der Waals surface area contributed by atoms with E-state index < -0.39 is 5.97 Å². The third-order valence-corrected chi connectivity index (χ3v) is 3.51. The molecule has 1 aromatic rings. The molecule has 21 heavy (non-hydrogen) atoms. The lowest BCUT2D eigenvalue weighted by atomic mass is 9.94. The predicted molar refractivity (Wildman–Crippen MR) is 78.0 cm³/mol. The molecule has 1 aliphatic carbocycles. The Morgan fingerprint density at radius 3 is 2.86 bits per heavy atom. The van der Waals surface area contributed by atoms with Crippen LogP contribution in [0.2, 0.25) is 0 Å². The van der Waals surface area contributed by atoms with Gasteiger partial charge in [-0.1, -0.05) is 0 Å². The van der Waals surface area contributed by atoms with Crippen molar-refractivity contribution in [3.63, 3.8) is 0 Å². The Morgan fingerprint density at radius 1 is 1.38 bits per heavy atom. The Bertz CT molecular complexity index is 461. The van der Waals surface area contributed by atoms with Crippen LogP contribution in [0.15, 0.2) is 12.4 Å². The van der Waals surface area contributed by atoms with E-state index in [4.69, 9.17) is 10.5 Å². The zero-order valence-corrected chi connectivity index (χ0v) is 12.2. The summed E-state index contributed by atoms with van der Waals surface area (Å²) < 4.78 is 10.4. The molecule has 1 fully saturated rings. The van der Waals surface area contributed by atoms with Gasteiger partial charge in [0.05, 0.1) is 32.2 Å². The van der Waals surface area contributed by atoms with Crippen LogP contribution in [0.1, 0.15) is 36.2 Å². The monoisotopic (exact) mass is 294 g/mol. The van der Waals surface area contributed by atoms with Crippen molar-refractivity contribution < 1.29 is 14.3 Å². The number of hydrogen-bond donors (Lipinski definition) is 2. The second kappa shape index (κ2) is 7.90. The number of aromatic nitrogens is 2. The molecule has 0 amide bonds. The Labute approximate surface area is 124 Å². The van der Waals surface area contributed by atoms with Crippen LogP contribution >= 0.6 is 0 Å². The highest BCUT2D eigenvalue weighted by Crippen LogP contribution is 2.19. The maximum atomic E-state index is 11.3. The fraction of sp³-hybridized carbons (Fsp3) is 0.643. The van der Waals surface area contributed by atoms with Crippen LogP contribution in [0.4, 0.5) is 5.82 Å². The van der Waals surface area contributed by atoms with Crippen LogP contribution in [-0.2, 0) is 9.47 Å². The molecule has 7 nitrogen and oxygen atoms in total. The Hall–Kier alpha value is -1.73. The fourth-order valence-corrected chi connectivity index (χ4v) is 2.31. The smallest absolute Gasteiger partial charge is 0.358 e. The summed E-state index contributed by atoms with van der Waals surface area (Å²) in [5.41, 5.74) is 6.04. The van der Waals surface area contributed by atoms with E-state index in [9.17, 15) is 4.79 Å². The molecule has 1 heterocycles. The lowest BCUT2D eigenvalue weighted by Crippen LogP contribution is -2.31. The van der Waals surface area contributed by atoms with E-state index in [1.54, 1.807) is 6.20 Å². The molecule has 7 heteroatoms. The normalized spacial score (nSPS) is 21.8. The van der Waals surface area contributed by atoms with Gasteiger partial charge < -0.3 is 20.5 Å².